The second kappa shape index (κ2) is 9.43. The molecule has 0 amide bonds. The highest BCUT2D eigenvalue weighted by Gasteiger charge is 2.38. The monoisotopic (exact) mass is 398 g/mol. The molecule has 0 aliphatic heterocycles. The van der Waals surface area contributed by atoms with Crippen molar-refractivity contribution in [2.24, 2.45) is 0 Å². The number of hydrogen-bond acceptors (Lipinski definition) is 2. The Morgan fingerprint density at radius 3 is 2.52 bits per heavy atom. The van der Waals surface area contributed by atoms with Crippen LogP contribution in [0.15, 0.2) is 54.7 Å². The number of aromatic amines is 1. The molecular formula is C19H18ClF3N2O2. The summed E-state index contributed by atoms with van der Waals surface area (Å²) >= 11 is 6.13. The highest BCUT2D eigenvalue weighted by atomic mass is 35.5. The maximum Gasteiger partial charge on any atom is 0.490 e. The minimum atomic E-state index is -5.08. The molecule has 3 N–H and O–H groups in total. The Bertz CT molecular complexity index is 894. The van der Waals surface area contributed by atoms with Crippen LogP contribution in [-0.2, 0) is 17.8 Å². The number of carboxylic acid groups (broad SMARTS) is 1. The fraction of sp³-hybridized carbons (Fsp3) is 0.211. The summed E-state index contributed by atoms with van der Waals surface area (Å²) in [5, 5.41) is 12.7. The number of rotatable bonds is 5. The second-order valence-electron chi connectivity index (χ2n) is 5.72. The Labute approximate surface area is 159 Å². The van der Waals surface area contributed by atoms with Crippen LogP contribution >= 0.6 is 11.6 Å². The lowest BCUT2D eigenvalue weighted by molar-refractivity contribution is -0.192. The van der Waals surface area contributed by atoms with Crippen LogP contribution in [-0.4, -0.2) is 28.8 Å². The molecule has 0 aliphatic carbocycles. The van der Waals surface area contributed by atoms with Gasteiger partial charge in [0.05, 0.1) is 0 Å². The third-order valence-corrected chi connectivity index (χ3v) is 4.09. The minimum Gasteiger partial charge on any atom is -0.475 e. The molecular weight excluding hydrogens is 381 g/mol. The molecule has 0 spiro atoms. The SMILES string of the molecule is Clc1ccccc1CNCCc1ccc2[nH]ccc2c1.O=C(O)C(F)(F)F. The largest absolute Gasteiger partial charge is 0.490 e. The molecule has 0 atom stereocenters. The summed E-state index contributed by atoms with van der Waals surface area (Å²) in [5.41, 5.74) is 3.69. The first-order valence-corrected chi connectivity index (χ1v) is 8.45. The number of alkyl halides is 3. The predicted molar refractivity (Wildman–Crippen MR) is 98.9 cm³/mol. The van der Waals surface area contributed by atoms with Crippen LogP contribution in [0.3, 0.4) is 0 Å². The molecule has 3 rings (SSSR count). The number of H-pyrrole nitrogens is 1. The van der Waals surface area contributed by atoms with E-state index in [4.69, 9.17) is 21.5 Å². The Hall–Kier alpha value is -2.51. The summed E-state index contributed by atoms with van der Waals surface area (Å²) in [6, 6.07) is 16.6. The molecule has 0 radical (unpaired) electrons. The van der Waals surface area contributed by atoms with Crippen molar-refractivity contribution in [2.75, 3.05) is 6.54 Å². The molecule has 4 nitrogen and oxygen atoms in total. The van der Waals surface area contributed by atoms with Crippen LogP contribution in [0, 0.1) is 0 Å². The van der Waals surface area contributed by atoms with Gasteiger partial charge in [0.1, 0.15) is 0 Å². The summed E-state index contributed by atoms with van der Waals surface area (Å²) in [6.45, 7) is 1.76. The van der Waals surface area contributed by atoms with Crippen molar-refractivity contribution < 1.29 is 23.1 Å². The highest BCUT2D eigenvalue weighted by molar-refractivity contribution is 6.31. The van der Waals surface area contributed by atoms with Crippen LogP contribution in [0.5, 0.6) is 0 Å². The summed E-state index contributed by atoms with van der Waals surface area (Å²) in [4.78, 5) is 12.1. The van der Waals surface area contributed by atoms with Crippen LogP contribution < -0.4 is 5.32 Å². The molecule has 3 aromatic rings. The average Bonchev–Trinajstić information content (AvgIpc) is 3.07. The maximum atomic E-state index is 10.6. The number of carboxylic acids is 1. The van der Waals surface area contributed by atoms with Crippen molar-refractivity contribution in [3.8, 4) is 0 Å². The molecule has 1 aromatic heterocycles. The van der Waals surface area contributed by atoms with E-state index in [1.807, 2.05) is 24.4 Å². The van der Waals surface area contributed by atoms with Gasteiger partial charge in [-0.3, -0.25) is 0 Å². The van der Waals surface area contributed by atoms with Gasteiger partial charge in [0.15, 0.2) is 0 Å². The first-order chi connectivity index (χ1) is 12.8. The molecule has 0 saturated carbocycles. The lowest BCUT2D eigenvalue weighted by atomic mass is 10.1. The molecule has 1 heterocycles. The molecule has 0 fully saturated rings. The lowest BCUT2D eigenvalue weighted by Gasteiger charge is -2.07. The third kappa shape index (κ3) is 6.62. The summed E-state index contributed by atoms with van der Waals surface area (Å²) < 4.78 is 31.7. The molecule has 0 unspecified atom stereocenters. The van der Waals surface area contributed by atoms with Crippen molar-refractivity contribution >= 4 is 28.5 Å². The Morgan fingerprint density at radius 2 is 1.85 bits per heavy atom. The Balaban J connectivity index is 0.000000321. The number of carbonyl (C=O) groups is 1. The number of benzene rings is 2. The zero-order valence-electron chi connectivity index (χ0n) is 14.2. The molecule has 0 saturated heterocycles. The molecule has 8 heteroatoms. The van der Waals surface area contributed by atoms with E-state index in [0.717, 1.165) is 30.1 Å². The molecule has 144 valence electrons. The number of hydrogen-bond donors (Lipinski definition) is 3. The van der Waals surface area contributed by atoms with Crippen molar-refractivity contribution in [3.63, 3.8) is 0 Å². The van der Waals surface area contributed by atoms with Crippen molar-refractivity contribution in [1.82, 2.24) is 10.3 Å². The summed E-state index contributed by atoms with van der Waals surface area (Å²) in [5.74, 6) is -2.76. The quantitative estimate of drug-likeness (QED) is 0.541. The number of aliphatic carboxylic acids is 1. The van der Waals surface area contributed by atoms with E-state index in [2.05, 4.69) is 40.6 Å². The van der Waals surface area contributed by atoms with Gasteiger partial charge in [-0.1, -0.05) is 35.9 Å². The standard InChI is InChI=1S/C17H17ClN2.C2HF3O2/c18-16-4-2-1-3-15(16)12-19-9-7-13-5-6-17-14(11-13)8-10-20-17;3-2(4,5)1(6)7/h1-6,8,10-11,19-20H,7,9,12H2;(H,6,7). The van der Waals surface area contributed by atoms with Crippen LogP contribution in [0.25, 0.3) is 10.9 Å². The molecule has 0 aliphatic rings. The average molecular weight is 399 g/mol. The predicted octanol–water partition coefficient (Wildman–Crippen LogP) is 4.79. The van der Waals surface area contributed by atoms with Crippen LogP contribution in [0.2, 0.25) is 5.02 Å². The van der Waals surface area contributed by atoms with Gasteiger partial charge >= 0.3 is 12.1 Å². The van der Waals surface area contributed by atoms with Gasteiger partial charge in [0, 0.05) is 23.3 Å². The van der Waals surface area contributed by atoms with Crippen LogP contribution in [0.4, 0.5) is 13.2 Å². The smallest absolute Gasteiger partial charge is 0.475 e. The fourth-order valence-corrected chi connectivity index (χ4v) is 2.56. The Morgan fingerprint density at radius 1 is 1.15 bits per heavy atom. The zero-order chi connectivity index (χ0) is 19.9. The van der Waals surface area contributed by atoms with Crippen LogP contribution in [0.1, 0.15) is 11.1 Å². The first-order valence-electron chi connectivity index (χ1n) is 8.07. The van der Waals surface area contributed by atoms with Crippen molar-refractivity contribution in [3.05, 3.63) is 70.9 Å². The molecule has 2 aromatic carbocycles. The minimum absolute atomic E-state index is 0.812. The van der Waals surface area contributed by atoms with E-state index in [1.165, 1.54) is 16.5 Å². The number of aromatic nitrogens is 1. The zero-order valence-corrected chi connectivity index (χ0v) is 14.9. The van der Waals surface area contributed by atoms with E-state index in [-0.39, 0.29) is 0 Å². The van der Waals surface area contributed by atoms with Gasteiger partial charge in [-0.2, -0.15) is 13.2 Å². The van der Waals surface area contributed by atoms with Gasteiger partial charge in [-0.25, -0.2) is 4.79 Å². The Kier molecular flexibility index (Phi) is 7.27. The maximum absolute atomic E-state index is 10.6. The van der Waals surface area contributed by atoms with E-state index in [1.54, 1.807) is 0 Å². The van der Waals surface area contributed by atoms with Crippen molar-refractivity contribution in [2.45, 2.75) is 19.1 Å². The fourth-order valence-electron chi connectivity index (χ4n) is 2.36. The molecule has 27 heavy (non-hydrogen) atoms. The van der Waals surface area contributed by atoms with E-state index in [0.29, 0.717) is 0 Å². The highest BCUT2D eigenvalue weighted by Crippen LogP contribution is 2.16. The van der Waals surface area contributed by atoms with Crippen molar-refractivity contribution in [1.29, 1.82) is 0 Å². The number of fused-ring (bicyclic) bond motifs is 1. The third-order valence-electron chi connectivity index (χ3n) is 3.72. The van der Waals surface area contributed by atoms with E-state index < -0.39 is 12.1 Å². The molecule has 0 bridgehead atoms. The van der Waals surface area contributed by atoms with Gasteiger partial charge in [-0.15, -0.1) is 0 Å². The number of nitrogens with one attached hydrogen (secondary N) is 2. The van der Waals surface area contributed by atoms with Gasteiger partial charge in [0.25, 0.3) is 0 Å². The number of halogens is 4. The summed E-state index contributed by atoms with van der Waals surface area (Å²) in [6.07, 6.45) is -2.09. The lowest BCUT2D eigenvalue weighted by Crippen LogP contribution is -2.21. The van der Waals surface area contributed by atoms with E-state index >= 15 is 0 Å². The second-order valence-corrected chi connectivity index (χ2v) is 6.13. The van der Waals surface area contributed by atoms with Gasteiger partial charge in [0.2, 0.25) is 0 Å². The van der Waals surface area contributed by atoms with E-state index in [9.17, 15) is 13.2 Å². The van der Waals surface area contributed by atoms with Gasteiger partial charge in [-0.05, 0) is 53.7 Å². The topological polar surface area (TPSA) is 65.1 Å². The first kappa shape index (κ1) is 20.8. The van der Waals surface area contributed by atoms with Gasteiger partial charge < -0.3 is 15.4 Å². The summed E-state index contributed by atoms with van der Waals surface area (Å²) in [7, 11) is 0. The normalized spacial score (nSPS) is 11.1.